The standard InChI is InChI=1S/C14H9BrClN3/c15-11-3-1-10-8-12(4-2-9(10)7-11)18-13-5-6-17-14(16)19-13/h1-8H,(H,17,18,19). The summed E-state index contributed by atoms with van der Waals surface area (Å²) in [5, 5.41) is 5.78. The Hall–Kier alpha value is -1.65. The zero-order valence-corrected chi connectivity index (χ0v) is 12.1. The van der Waals surface area contributed by atoms with E-state index in [1.54, 1.807) is 12.3 Å². The average molecular weight is 335 g/mol. The number of nitrogens with one attached hydrogen (secondary N) is 1. The van der Waals surface area contributed by atoms with E-state index >= 15 is 0 Å². The lowest BCUT2D eigenvalue weighted by atomic mass is 10.1. The van der Waals surface area contributed by atoms with Gasteiger partial charge in [0.1, 0.15) is 5.82 Å². The number of anilines is 2. The second kappa shape index (κ2) is 5.15. The molecule has 0 aliphatic carbocycles. The van der Waals surface area contributed by atoms with E-state index < -0.39 is 0 Å². The van der Waals surface area contributed by atoms with E-state index in [0.717, 1.165) is 15.5 Å². The summed E-state index contributed by atoms with van der Waals surface area (Å²) in [6.07, 6.45) is 1.62. The fourth-order valence-corrected chi connectivity index (χ4v) is 2.37. The highest BCUT2D eigenvalue weighted by atomic mass is 79.9. The van der Waals surface area contributed by atoms with Crippen molar-refractivity contribution >= 4 is 49.8 Å². The predicted octanol–water partition coefficient (Wildman–Crippen LogP) is 4.79. The van der Waals surface area contributed by atoms with E-state index in [-0.39, 0.29) is 5.28 Å². The molecule has 0 saturated heterocycles. The Morgan fingerprint density at radius 2 is 1.79 bits per heavy atom. The summed E-state index contributed by atoms with van der Waals surface area (Å²) in [6.45, 7) is 0. The Morgan fingerprint density at radius 3 is 2.63 bits per heavy atom. The van der Waals surface area contributed by atoms with Crippen LogP contribution >= 0.6 is 27.5 Å². The monoisotopic (exact) mass is 333 g/mol. The number of hydrogen-bond donors (Lipinski definition) is 1. The van der Waals surface area contributed by atoms with E-state index in [4.69, 9.17) is 11.6 Å². The van der Waals surface area contributed by atoms with Crippen molar-refractivity contribution in [3.05, 3.63) is 58.4 Å². The Bertz CT molecular complexity index is 746. The van der Waals surface area contributed by atoms with Crippen LogP contribution in [-0.4, -0.2) is 9.97 Å². The maximum Gasteiger partial charge on any atom is 0.224 e. The second-order valence-electron chi connectivity index (χ2n) is 4.04. The molecule has 19 heavy (non-hydrogen) atoms. The van der Waals surface area contributed by atoms with Crippen LogP contribution in [0.2, 0.25) is 5.28 Å². The topological polar surface area (TPSA) is 37.8 Å². The number of hydrogen-bond acceptors (Lipinski definition) is 3. The molecule has 5 heteroatoms. The van der Waals surface area contributed by atoms with Gasteiger partial charge in [0, 0.05) is 16.4 Å². The summed E-state index contributed by atoms with van der Waals surface area (Å²) < 4.78 is 1.07. The lowest BCUT2D eigenvalue weighted by Crippen LogP contribution is -1.94. The van der Waals surface area contributed by atoms with Crippen molar-refractivity contribution in [2.45, 2.75) is 0 Å². The van der Waals surface area contributed by atoms with Gasteiger partial charge in [-0.25, -0.2) is 9.97 Å². The third-order valence-corrected chi connectivity index (χ3v) is 3.38. The van der Waals surface area contributed by atoms with E-state index in [0.29, 0.717) is 5.82 Å². The highest BCUT2D eigenvalue weighted by molar-refractivity contribution is 9.10. The molecule has 3 aromatic rings. The molecule has 1 aromatic heterocycles. The smallest absolute Gasteiger partial charge is 0.224 e. The number of benzene rings is 2. The van der Waals surface area contributed by atoms with Crippen LogP contribution in [0.4, 0.5) is 11.5 Å². The number of fused-ring (bicyclic) bond motifs is 1. The molecular weight excluding hydrogens is 326 g/mol. The summed E-state index contributed by atoms with van der Waals surface area (Å²) in [4.78, 5) is 7.95. The molecule has 1 heterocycles. The van der Waals surface area contributed by atoms with Crippen LogP contribution < -0.4 is 5.32 Å². The molecule has 3 rings (SSSR count). The molecule has 3 nitrogen and oxygen atoms in total. The molecule has 0 bridgehead atoms. The fourth-order valence-electron chi connectivity index (χ4n) is 1.85. The zero-order chi connectivity index (χ0) is 13.2. The molecule has 0 saturated carbocycles. The quantitative estimate of drug-likeness (QED) is 0.685. The molecule has 94 valence electrons. The van der Waals surface area contributed by atoms with Gasteiger partial charge in [0.25, 0.3) is 0 Å². The van der Waals surface area contributed by atoms with Gasteiger partial charge in [-0.2, -0.15) is 0 Å². The lowest BCUT2D eigenvalue weighted by Gasteiger charge is -2.07. The van der Waals surface area contributed by atoms with E-state index in [9.17, 15) is 0 Å². The second-order valence-corrected chi connectivity index (χ2v) is 5.30. The van der Waals surface area contributed by atoms with Crippen molar-refractivity contribution in [3.8, 4) is 0 Å². The van der Waals surface area contributed by atoms with E-state index in [2.05, 4.69) is 55.5 Å². The number of rotatable bonds is 2. The van der Waals surface area contributed by atoms with Crippen LogP contribution in [0.3, 0.4) is 0 Å². The lowest BCUT2D eigenvalue weighted by molar-refractivity contribution is 1.17. The Kier molecular flexibility index (Phi) is 3.36. The van der Waals surface area contributed by atoms with Crippen molar-refractivity contribution < 1.29 is 0 Å². The number of aromatic nitrogens is 2. The third kappa shape index (κ3) is 2.85. The first-order valence-electron chi connectivity index (χ1n) is 5.66. The predicted molar refractivity (Wildman–Crippen MR) is 82.0 cm³/mol. The fraction of sp³-hybridized carbons (Fsp3) is 0. The van der Waals surface area contributed by atoms with Gasteiger partial charge in [-0.15, -0.1) is 0 Å². The van der Waals surface area contributed by atoms with Crippen molar-refractivity contribution in [2.75, 3.05) is 5.32 Å². The molecule has 0 amide bonds. The third-order valence-electron chi connectivity index (χ3n) is 2.70. The van der Waals surface area contributed by atoms with Crippen molar-refractivity contribution in [1.82, 2.24) is 9.97 Å². The van der Waals surface area contributed by atoms with Gasteiger partial charge in [-0.05, 0) is 52.7 Å². The van der Waals surface area contributed by atoms with Gasteiger partial charge in [-0.3, -0.25) is 0 Å². The number of halogens is 2. The minimum absolute atomic E-state index is 0.231. The minimum Gasteiger partial charge on any atom is -0.340 e. The van der Waals surface area contributed by atoms with Crippen LogP contribution in [0.25, 0.3) is 10.8 Å². The van der Waals surface area contributed by atoms with Gasteiger partial charge in [0.15, 0.2) is 0 Å². The first kappa shape index (κ1) is 12.4. The van der Waals surface area contributed by atoms with Gasteiger partial charge >= 0.3 is 0 Å². The van der Waals surface area contributed by atoms with Crippen LogP contribution in [0, 0.1) is 0 Å². The molecule has 0 atom stereocenters. The Morgan fingerprint density at radius 1 is 1.00 bits per heavy atom. The molecule has 2 aromatic carbocycles. The van der Waals surface area contributed by atoms with Crippen LogP contribution in [-0.2, 0) is 0 Å². The maximum absolute atomic E-state index is 5.76. The van der Waals surface area contributed by atoms with Gasteiger partial charge in [0.2, 0.25) is 5.28 Å². The summed E-state index contributed by atoms with van der Waals surface area (Å²) in [7, 11) is 0. The van der Waals surface area contributed by atoms with Gasteiger partial charge in [-0.1, -0.05) is 28.1 Å². The van der Waals surface area contributed by atoms with Crippen molar-refractivity contribution in [3.63, 3.8) is 0 Å². The largest absolute Gasteiger partial charge is 0.340 e. The Balaban J connectivity index is 1.95. The van der Waals surface area contributed by atoms with Crippen LogP contribution in [0.15, 0.2) is 53.1 Å². The maximum atomic E-state index is 5.76. The average Bonchev–Trinajstić information content (AvgIpc) is 2.39. The first-order valence-corrected chi connectivity index (χ1v) is 6.83. The molecule has 0 spiro atoms. The SMILES string of the molecule is Clc1nccc(Nc2ccc3cc(Br)ccc3c2)n1. The van der Waals surface area contributed by atoms with Crippen LogP contribution in [0.5, 0.6) is 0 Å². The summed E-state index contributed by atoms with van der Waals surface area (Å²) in [5.41, 5.74) is 0.963. The first-order chi connectivity index (χ1) is 9.20. The van der Waals surface area contributed by atoms with Gasteiger partial charge < -0.3 is 5.32 Å². The molecule has 0 radical (unpaired) electrons. The van der Waals surface area contributed by atoms with Crippen molar-refractivity contribution in [1.29, 1.82) is 0 Å². The van der Waals surface area contributed by atoms with E-state index in [1.165, 1.54) is 5.39 Å². The molecule has 0 aliphatic heterocycles. The summed E-state index contributed by atoms with van der Waals surface area (Å²) in [6, 6.07) is 14.1. The Labute approximate surface area is 123 Å². The highest BCUT2D eigenvalue weighted by Gasteiger charge is 2.00. The molecule has 0 aliphatic rings. The van der Waals surface area contributed by atoms with Crippen LogP contribution in [0.1, 0.15) is 0 Å². The summed E-state index contributed by atoms with van der Waals surface area (Å²) >= 11 is 9.22. The summed E-state index contributed by atoms with van der Waals surface area (Å²) in [5.74, 6) is 0.677. The molecule has 0 fully saturated rings. The van der Waals surface area contributed by atoms with E-state index in [1.807, 2.05) is 12.1 Å². The van der Waals surface area contributed by atoms with Crippen molar-refractivity contribution in [2.24, 2.45) is 0 Å². The normalized spacial score (nSPS) is 10.6. The van der Waals surface area contributed by atoms with Gasteiger partial charge in [0.05, 0.1) is 0 Å². The molecule has 0 unspecified atom stereocenters. The molecular formula is C14H9BrClN3. The minimum atomic E-state index is 0.231. The number of nitrogens with zero attached hydrogens (tertiary/aromatic N) is 2. The highest BCUT2D eigenvalue weighted by Crippen LogP contribution is 2.24. The molecule has 1 N–H and O–H groups in total. The zero-order valence-electron chi connectivity index (χ0n) is 9.77.